The van der Waals surface area contributed by atoms with Crippen LogP contribution in [0.5, 0.6) is 5.75 Å². The summed E-state index contributed by atoms with van der Waals surface area (Å²) < 4.78 is 20.5. The molecule has 208 valence electrons. The highest BCUT2D eigenvalue weighted by molar-refractivity contribution is 6.01. The van der Waals surface area contributed by atoms with E-state index in [1.54, 1.807) is 12.1 Å². The molecule has 0 atom stereocenters. The molecule has 1 heterocycles. The van der Waals surface area contributed by atoms with Gasteiger partial charge in [0.1, 0.15) is 11.6 Å². The number of aryl methyl sites for hydroxylation is 2. The van der Waals surface area contributed by atoms with Gasteiger partial charge in [0.15, 0.2) is 0 Å². The van der Waals surface area contributed by atoms with Gasteiger partial charge < -0.3 is 15.4 Å². The van der Waals surface area contributed by atoms with Crippen molar-refractivity contribution in [2.75, 3.05) is 17.2 Å². The number of carbonyl (C=O) groups is 1. The molecule has 0 bridgehead atoms. The smallest absolute Gasteiger partial charge is 0.323 e. The molecule has 0 aliphatic carbocycles. The molecule has 41 heavy (non-hydrogen) atoms. The summed E-state index contributed by atoms with van der Waals surface area (Å²) in [6.45, 7) is 2.51. The van der Waals surface area contributed by atoms with Gasteiger partial charge in [-0.3, -0.25) is 0 Å². The Bertz CT molecular complexity index is 1590. The van der Waals surface area contributed by atoms with Crippen LogP contribution in [0.15, 0.2) is 91.0 Å². The number of aromatic amines is 1. The summed E-state index contributed by atoms with van der Waals surface area (Å²) in [7, 11) is 0. The number of urea groups is 1. The van der Waals surface area contributed by atoms with Crippen molar-refractivity contribution in [3.05, 3.63) is 108 Å². The lowest BCUT2D eigenvalue weighted by atomic mass is 9.94. The Balaban J connectivity index is 1.54. The third-order valence-electron chi connectivity index (χ3n) is 6.57. The van der Waals surface area contributed by atoms with Crippen molar-refractivity contribution in [2.45, 2.75) is 32.6 Å². The highest BCUT2D eigenvalue weighted by Crippen LogP contribution is 2.39. The van der Waals surface area contributed by atoms with Crippen LogP contribution < -0.4 is 15.4 Å². The number of benzene rings is 4. The number of tetrazole rings is 1. The minimum absolute atomic E-state index is 0.0858. The molecule has 4 aromatic carbocycles. The SMILES string of the molecule is CCCOc1c(CCCc2ccccc2)cc(-c2ccccc2-c2nn[nH]n2)cc1NC(=O)Nc1ccccc1F. The molecule has 2 amide bonds. The van der Waals surface area contributed by atoms with Crippen LogP contribution in [-0.4, -0.2) is 33.3 Å². The van der Waals surface area contributed by atoms with E-state index in [4.69, 9.17) is 4.74 Å². The monoisotopic (exact) mass is 550 g/mol. The molecule has 5 aromatic rings. The number of anilines is 2. The van der Waals surface area contributed by atoms with Gasteiger partial charge in [-0.25, -0.2) is 9.18 Å². The second-order valence-corrected chi connectivity index (χ2v) is 9.54. The van der Waals surface area contributed by atoms with Gasteiger partial charge in [0, 0.05) is 5.56 Å². The van der Waals surface area contributed by atoms with Gasteiger partial charge in [-0.15, -0.1) is 10.2 Å². The Morgan fingerprint density at radius 3 is 2.37 bits per heavy atom. The molecule has 5 rings (SSSR count). The number of hydrogen-bond donors (Lipinski definition) is 3. The quantitative estimate of drug-likeness (QED) is 0.160. The molecule has 0 saturated heterocycles. The molecular weight excluding hydrogens is 519 g/mol. The van der Waals surface area contributed by atoms with Crippen LogP contribution in [0.4, 0.5) is 20.6 Å². The van der Waals surface area contributed by atoms with Crippen molar-refractivity contribution >= 4 is 17.4 Å². The number of aromatic nitrogens is 4. The summed E-state index contributed by atoms with van der Waals surface area (Å²) in [5.41, 5.74) is 5.30. The fourth-order valence-corrected chi connectivity index (χ4v) is 4.67. The summed E-state index contributed by atoms with van der Waals surface area (Å²) in [5, 5.41) is 20.1. The first-order valence-corrected chi connectivity index (χ1v) is 13.6. The van der Waals surface area contributed by atoms with Crippen LogP contribution >= 0.6 is 0 Å². The molecule has 0 aliphatic heterocycles. The van der Waals surface area contributed by atoms with Crippen LogP contribution in [0.2, 0.25) is 0 Å². The number of nitrogens with zero attached hydrogens (tertiary/aromatic N) is 3. The van der Waals surface area contributed by atoms with Crippen molar-refractivity contribution in [1.82, 2.24) is 20.6 Å². The molecule has 0 saturated carbocycles. The Morgan fingerprint density at radius 2 is 1.61 bits per heavy atom. The summed E-state index contributed by atoms with van der Waals surface area (Å²) in [4.78, 5) is 13.1. The van der Waals surface area contributed by atoms with Gasteiger partial charge in [0.25, 0.3) is 0 Å². The third kappa shape index (κ3) is 6.94. The average molecular weight is 551 g/mol. The van der Waals surface area contributed by atoms with Crippen LogP contribution in [0.3, 0.4) is 0 Å². The number of nitrogens with one attached hydrogen (secondary N) is 3. The Morgan fingerprint density at radius 1 is 0.878 bits per heavy atom. The lowest BCUT2D eigenvalue weighted by Gasteiger charge is -2.20. The van der Waals surface area contributed by atoms with Crippen LogP contribution in [0.25, 0.3) is 22.5 Å². The van der Waals surface area contributed by atoms with E-state index in [1.165, 1.54) is 17.7 Å². The maximum Gasteiger partial charge on any atom is 0.323 e. The van der Waals surface area contributed by atoms with Gasteiger partial charge >= 0.3 is 6.03 Å². The molecule has 0 unspecified atom stereocenters. The number of rotatable bonds is 11. The zero-order chi connectivity index (χ0) is 28.4. The predicted octanol–water partition coefficient (Wildman–Crippen LogP) is 7.28. The molecule has 1 aromatic heterocycles. The van der Waals surface area contributed by atoms with E-state index in [9.17, 15) is 9.18 Å². The zero-order valence-electron chi connectivity index (χ0n) is 22.7. The first kappa shape index (κ1) is 27.5. The van der Waals surface area contributed by atoms with Crippen molar-refractivity contribution in [3.63, 3.8) is 0 Å². The van der Waals surface area contributed by atoms with Gasteiger partial charge in [-0.2, -0.15) is 5.21 Å². The number of halogens is 1. The van der Waals surface area contributed by atoms with Gasteiger partial charge in [-0.1, -0.05) is 73.7 Å². The van der Waals surface area contributed by atoms with Crippen molar-refractivity contribution < 1.29 is 13.9 Å². The highest BCUT2D eigenvalue weighted by Gasteiger charge is 2.19. The molecule has 0 spiro atoms. The first-order valence-electron chi connectivity index (χ1n) is 13.6. The number of carbonyl (C=O) groups excluding carboxylic acids is 1. The Hall–Kier alpha value is -5.05. The fourth-order valence-electron chi connectivity index (χ4n) is 4.67. The summed E-state index contributed by atoms with van der Waals surface area (Å²) in [6.07, 6.45) is 3.29. The lowest BCUT2D eigenvalue weighted by molar-refractivity contribution is 0.261. The normalized spacial score (nSPS) is 10.8. The maximum absolute atomic E-state index is 14.3. The van der Waals surface area contributed by atoms with E-state index in [1.807, 2.05) is 55.5 Å². The van der Waals surface area contributed by atoms with E-state index in [0.717, 1.165) is 47.9 Å². The topological polar surface area (TPSA) is 105 Å². The lowest BCUT2D eigenvalue weighted by Crippen LogP contribution is -2.21. The van der Waals surface area contributed by atoms with Gasteiger partial charge in [0.05, 0.1) is 18.0 Å². The maximum atomic E-state index is 14.3. The molecule has 3 N–H and O–H groups in total. The van der Waals surface area contributed by atoms with E-state index >= 15 is 0 Å². The summed E-state index contributed by atoms with van der Waals surface area (Å²) >= 11 is 0. The second kappa shape index (κ2) is 13.3. The van der Waals surface area contributed by atoms with E-state index < -0.39 is 11.8 Å². The minimum atomic E-state index is -0.574. The largest absolute Gasteiger partial charge is 0.491 e. The van der Waals surface area contributed by atoms with E-state index in [-0.39, 0.29) is 5.69 Å². The molecule has 0 aliphatic rings. The Labute approximate surface area is 238 Å². The van der Waals surface area contributed by atoms with Crippen LogP contribution in [0.1, 0.15) is 30.9 Å². The van der Waals surface area contributed by atoms with Crippen molar-refractivity contribution in [1.29, 1.82) is 0 Å². The number of ether oxygens (including phenoxy) is 1. The predicted molar refractivity (Wildman–Crippen MR) is 158 cm³/mol. The standard InChI is InChI=1S/C32H31FN6O2/c1-2-19-41-30-23(14-10-13-22-11-4-3-5-12-22)20-24(25-15-6-7-16-26(25)31-36-38-39-37-31)21-29(30)35-32(40)34-28-18-9-8-17-27(28)33/h3-9,11-12,15-18,20-21H,2,10,13-14,19H2,1H3,(H2,34,35,40)(H,36,37,38,39). The molecule has 0 radical (unpaired) electrons. The molecule has 0 fully saturated rings. The van der Waals surface area contributed by atoms with E-state index in [2.05, 4.69) is 49.5 Å². The van der Waals surface area contributed by atoms with Crippen LogP contribution in [-0.2, 0) is 12.8 Å². The molecular formula is C32H31FN6O2. The first-order chi connectivity index (χ1) is 20.1. The molecule has 8 nitrogen and oxygen atoms in total. The van der Waals surface area contributed by atoms with Gasteiger partial charge in [0.2, 0.25) is 5.82 Å². The number of H-pyrrole nitrogens is 1. The number of hydrogen-bond acceptors (Lipinski definition) is 5. The zero-order valence-corrected chi connectivity index (χ0v) is 22.7. The van der Waals surface area contributed by atoms with Crippen LogP contribution in [0, 0.1) is 5.82 Å². The Kier molecular flexibility index (Phi) is 8.95. The van der Waals surface area contributed by atoms with E-state index in [0.29, 0.717) is 23.9 Å². The average Bonchev–Trinajstić information content (AvgIpc) is 3.53. The summed E-state index contributed by atoms with van der Waals surface area (Å²) in [6, 6.07) is 27.5. The highest BCUT2D eigenvalue weighted by atomic mass is 19.1. The number of amides is 2. The fraction of sp³-hybridized carbons (Fsp3) is 0.188. The van der Waals surface area contributed by atoms with Crippen molar-refractivity contribution in [3.8, 4) is 28.3 Å². The second-order valence-electron chi connectivity index (χ2n) is 9.54. The summed E-state index contributed by atoms with van der Waals surface area (Å²) in [5.74, 6) is 0.545. The van der Waals surface area contributed by atoms with Crippen molar-refractivity contribution in [2.24, 2.45) is 0 Å². The van der Waals surface area contributed by atoms with Gasteiger partial charge in [-0.05, 0) is 77.4 Å². The number of para-hydroxylation sites is 1. The minimum Gasteiger partial charge on any atom is -0.491 e. The molecule has 9 heteroatoms. The third-order valence-corrected chi connectivity index (χ3v) is 6.57.